The molecular formula is C11H12BrNO3. The Morgan fingerprint density at radius 2 is 2.00 bits per heavy atom. The number of carboxylic acids is 1. The normalized spacial score (nSPS) is 9.88. The minimum atomic E-state index is -1.11. The predicted molar refractivity (Wildman–Crippen MR) is 62.9 cm³/mol. The van der Waals surface area contributed by atoms with Crippen molar-refractivity contribution in [1.82, 2.24) is 4.90 Å². The molecule has 86 valence electrons. The van der Waals surface area contributed by atoms with Gasteiger partial charge in [-0.1, -0.05) is 34.1 Å². The molecule has 1 rings (SSSR count). The third kappa shape index (κ3) is 3.66. The molecule has 1 aromatic carbocycles. The molecule has 1 amide bonds. The van der Waals surface area contributed by atoms with Gasteiger partial charge in [0, 0.05) is 18.1 Å². The molecule has 16 heavy (non-hydrogen) atoms. The molecule has 0 saturated heterocycles. The second-order valence-electron chi connectivity index (χ2n) is 3.41. The largest absolute Gasteiger partial charge is 0.481 e. The van der Waals surface area contributed by atoms with Crippen LogP contribution < -0.4 is 0 Å². The van der Waals surface area contributed by atoms with Crippen molar-refractivity contribution in [2.45, 2.75) is 13.0 Å². The number of halogens is 1. The number of amides is 1. The highest BCUT2D eigenvalue weighted by Gasteiger charge is 2.13. The number of nitrogens with zero attached hydrogens (tertiary/aromatic N) is 1. The number of carbonyl (C=O) groups excluding carboxylic acids is 1. The second kappa shape index (κ2) is 5.65. The van der Waals surface area contributed by atoms with Gasteiger partial charge in [-0.3, -0.25) is 9.59 Å². The second-order valence-corrected chi connectivity index (χ2v) is 4.27. The van der Waals surface area contributed by atoms with Crippen LogP contribution in [0.5, 0.6) is 0 Å². The van der Waals surface area contributed by atoms with Gasteiger partial charge in [0.05, 0.1) is 0 Å². The van der Waals surface area contributed by atoms with Crippen LogP contribution in [0.15, 0.2) is 28.7 Å². The molecule has 0 aliphatic rings. The van der Waals surface area contributed by atoms with Gasteiger partial charge in [0.25, 0.3) is 0 Å². The number of hydrogen-bond acceptors (Lipinski definition) is 2. The van der Waals surface area contributed by atoms with E-state index in [2.05, 4.69) is 15.9 Å². The molecule has 0 saturated carbocycles. The van der Waals surface area contributed by atoms with Crippen LogP contribution in [0.25, 0.3) is 0 Å². The minimum absolute atomic E-state index is 0.396. The Labute approximate surface area is 102 Å². The van der Waals surface area contributed by atoms with E-state index in [0.717, 1.165) is 10.0 Å². The predicted octanol–water partition coefficient (Wildman–Crippen LogP) is 1.88. The SMILES string of the molecule is CN(Cc1ccccc1Br)C(=O)CC(=O)O. The van der Waals surface area contributed by atoms with E-state index in [1.165, 1.54) is 4.90 Å². The molecule has 4 nitrogen and oxygen atoms in total. The van der Waals surface area contributed by atoms with Crippen LogP contribution in [0.4, 0.5) is 0 Å². The van der Waals surface area contributed by atoms with Crippen LogP contribution in [-0.4, -0.2) is 28.9 Å². The Hall–Kier alpha value is -1.36. The maximum atomic E-state index is 11.4. The number of benzene rings is 1. The van der Waals surface area contributed by atoms with Gasteiger partial charge in [-0.25, -0.2) is 0 Å². The Morgan fingerprint density at radius 3 is 2.56 bits per heavy atom. The summed E-state index contributed by atoms with van der Waals surface area (Å²) in [7, 11) is 1.59. The quantitative estimate of drug-likeness (QED) is 0.860. The minimum Gasteiger partial charge on any atom is -0.481 e. The standard InChI is InChI=1S/C11H12BrNO3/c1-13(10(14)6-11(15)16)7-8-4-2-3-5-9(8)12/h2-5H,6-7H2,1H3,(H,15,16). The van der Waals surface area contributed by atoms with Crippen molar-refractivity contribution in [2.24, 2.45) is 0 Å². The molecule has 0 fully saturated rings. The van der Waals surface area contributed by atoms with Crippen LogP contribution in [0.1, 0.15) is 12.0 Å². The van der Waals surface area contributed by atoms with Crippen molar-refractivity contribution < 1.29 is 14.7 Å². The summed E-state index contributed by atoms with van der Waals surface area (Å²) in [5, 5.41) is 8.50. The summed E-state index contributed by atoms with van der Waals surface area (Å²) in [5.41, 5.74) is 0.948. The lowest BCUT2D eigenvalue weighted by atomic mass is 10.2. The zero-order valence-corrected chi connectivity index (χ0v) is 10.4. The molecule has 0 spiro atoms. The van der Waals surface area contributed by atoms with Crippen LogP contribution in [0.2, 0.25) is 0 Å². The van der Waals surface area contributed by atoms with Gasteiger partial charge in [-0.2, -0.15) is 0 Å². The molecule has 5 heteroatoms. The summed E-state index contributed by atoms with van der Waals surface area (Å²) < 4.78 is 0.907. The van der Waals surface area contributed by atoms with Crippen molar-refractivity contribution >= 4 is 27.8 Å². The first-order valence-electron chi connectivity index (χ1n) is 4.70. The highest BCUT2D eigenvalue weighted by Crippen LogP contribution is 2.17. The highest BCUT2D eigenvalue weighted by molar-refractivity contribution is 9.10. The van der Waals surface area contributed by atoms with Gasteiger partial charge >= 0.3 is 5.97 Å². The Kier molecular flexibility index (Phi) is 4.49. The lowest BCUT2D eigenvalue weighted by Crippen LogP contribution is -2.28. The van der Waals surface area contributed by atoms with E-state index in [4.69, 9.17) is 5.11 Å². The summed E-state index contributed by atoms with van der Waals surface area (Å²) in [4.78, 5) is 23.2. The molecule has 0 aliphatic carbocycles. The monoisotopic (exact) mass is 285 g/mol. The van der Waals surface area contributed by atoms with Crippen molar-refractivity contribution in [3.05, 3.63) is 34.3 Å². The van der Waals surface area contributed by atoms with Crippen LogP contribution in [-0.2, 0) is 16.1 Å². The van der Waals surface area contributed by atoms with Crippen molar-refractivity contribution in [3.63, 3.8) is 0 Å². The average Bonchev–Trinajstić information content (AvgIpc) is 2.20. The van der Waals surface area contributed by atoms with E-state index >= 15 is 0 Å². The van der Waals surface area contributed by atoms with Gasteiger partial charge < -0.3 is 10.0 Å². The van der Waals surface area contributed by atoms with Gasteiger partial charge in [0.1, 0.15) is 6.42 Å². The first-order chi connectivity index (χ1) is 7.50. The Morgan fingerprint density at radius 1 is 1.38 bits per heavy atom. The van der Waals surface area contributed by atoms with Gasteiger partial charge in [-0.05, 0) is 11.6 Å². The summed E-state index contributed by atoms with van der Waals surface area (Å²) in [6.07, 6.45) is -0.471. The Bertz CT molecular complexity index is 406. The van der Waals surface area contributed by atoms with Crippen molar-refractivity contribution in [1.29, 1.82) is 0 Å². The number of carbonyl (C=O) groups is 2. The van der Waals surface area contributed by atoms with Crippen LogP contribution in [0.3, 0.4) is 0 Å². The smallest absolute Gasteiger partial charge is 0.312 e. The Balaban J connectivity index is 2.64. The first kappa shape index (κ1) is 12.7. The maximum Gasteiger partial charge on any atom is 0.312 e. The lowest BCUT2D eigenvalue weighted by molar-refractivity contribution is -0.143. The van der Waals surface area contributed by atoms with E-state index in [1.807, 2.05) is 24.3 Å². The molecule has 1 N–H and O–H groups in total. The van der Waals surface area contributed by atoms with Crippen LogP contribution >= 0.6 is 15.9 Å². The summed E-state index contributed by atoms with van der Waals surface area (Å²) in [6, 6.07) is 7.52. The lowest BCUT2D eigenvalue weighted by Gasteiger charge is -2.17. The molecular weight excluding hydrogens is 274 g/mol. The molecule has 0 atom stereocenters. The zero-order valence-electron chi connectivity index (χ0n) is 8.81. The molecule has 0 aromatic heterocycles. The third-order valence-corrected chi connectivity index (χ3v) is 2.87. The van der Waals surface area contributed by atoms with E-state index < -0.39 is 18.3 Å². The highest BCUT2D eigenvalue weighted by atomic mass is 79.9. The number of rotatable bonds is 4. The summed E-state index contributed by atoms with van der Waals surface area (Å²) >= 11 is 3.37. The average molecular weight is 286 g/mol. The van der Waals surface area contributed by atoms with E-state index in [-0.39, 0.29) is 0 Å². The van der Waals surface area contributed by atoms with Gasteiger partial charge in [-0.15, -0.1) is 0 Å². The topological polar surface area (TPSA) is 57.6 Å². The first-order valence-corrected chi connectivity index (χ1v) is 5.49. The molecule has 1 aromatic rings. The zero-order chi connectivity index (χ0) is 12.1. The molecule has 0 radical (unpaired) electrons. The van der Waals surface area contributed by atoms with Gasteiger partial charge in [0.15, 0.2) is 0 Å². The van der Waals surface area contributed by atoms with Crippen molar-refractivity contribution in [3.8, 4) is 0 Å². The fraction of sp³-hybridized carbons (Fsp3) is 0.273. The third-order valence-electron chi connectivity index (χ3n) is 2.09. The summed E-state index contributed by atoms with van der Waals surface area (Å²) in [5.74, 6) is -1.51. The molecule has 0 heterocycles. The maximum absolute atomic E-state index is 11.4. The number of hydrogen-bond donors (Lipinski definition) is 1. The number of aliphatic carboxylic acids is 1. The fourth-order valence-electron chi connectivity index (χ4n) is 1.23. The van der Waals surface area contributed by atoms with E-state index in [0.29, 0.717) is 6.54 Å². The molecule has 0 bridgehead atoms. The summed E-state index contributed by atoms with van der Waals surface area (Å²) in [6.45, 7) is 0.396. The number of carboxylic acid groups (broad SMARTS) is 1. The molecule has 0 unspecified atom stereocenters. The van der Waals surface area contributed by atoms with E-state index in [9.17, 15) is 9.59 Å². The van der Waals surface area contributed by atoms with E-state index in [1.54, 1.807) is 7.05 Å². The molecule has 0 aliphatic heterocycles. The van der Waals surface area contributed by atoms with Crippen LogP contribution in [0, 0.1) is 0 Å². The fourth-order valence-corrected chi connectivity index (χ4v) is 1.64. The van der Waals surface area contributed by atoms with Gasteiger partial charge in [0.2, 0.25) is 5.91 Å². The van der Waals surface area contributed by atoms with Crippen molar-refractivity contribution in [2.75, 3.05) is 7.05 Å².